The summed E-state index contributed by atoms with van der Waals surface area (Å²) in [4.78, 5) is 1.24. The van der Waals surface area contributed by atoms with Crippen molar-refractivity contribution in [2.45, 2.75) is 46.1 Å². The molecule has 2 heterocycles. The Morgan fingerprint density at radius 3 is 2.84 bits per heavy atom. The van der Waals surface area contributed by atoms with E-state index >= 15 is 0 Å². The number of rotatable bonds is 6. The van der Waals surface area contributed by atoms with Gasteiger partial charge in [0, 0.05) is 22.5 Å². The lowest BCUT2D eigenvalue weighted by molar-refractivity contribution is 0.0948. The summed E-state index contributed by atoms with van der Waals surface area (Å²) >= 11 is 1.71. The first-order valence-electron chi connectivity index (χ1n) is 6.44. The van der Waals surface area contributed by atoms with E-state index in [9.17, 15) is 0 Å². The van der Waals surface area contributed by atoms with Crippen LogP contribution in [0.4, 0.5) is 0 Å². The Morgan fingerprint density at radius 2 is 2.16 bits per heavy atom. The topological polar surface area (TPSA) is 34.4 Å². The van der Waals surface area contributed by atoms with Crippen LogP contribution < -0.4 is 5.32 Å². The zero-order chi connectivity index (χ0) is 13.7. The Balaban J connectivity index is 1.74. The van der Waals surface area contributed by atoms with Crippen LogP contribution >= 0.6 is 11.3 Å². The van der Waals surface area contributed by atoms with E-state index in [0.29, 0.717) is 13.2 Å². The highest BCUT2D eigenvalue weighted by molar-refractivity contribution is 7.09. The molecular weight excluding hydrogens is 258 g/mol. The van der Waals surface area contributed by atoms with Crippen molar-refractivity contribution in [3.8, 4) is 0 Å². The van der Waals surface area contributed by atoms with Crippen molar-refractivity contribution >= 4 is 11.3 Å². The van der Waals surface area contributed by atoms with E-state index in [-0.39, 0.29) is 5.54 Å². The molecule has 0 atom stereocenters. The summed E-state index contributed by atoms with van der Waals surface area (Å²) in [6.45, 7) is 8.44. The summed E-state index contributed by atoms with van der Waals surface area (Å²) in [5, 5.41) is 5.49. The minimum absolute atomic E-state index is 0.118. The van der Waals surface area contributed by atoms with Crippen molar-refractivity contribution in [3.63, 3.8) is 0 Å². The van der Waals surface area contributed by atoms with E-state index in [1.54, 1.807) is 17.6 Å². The minimum atomic E-state index is 0.118. The third-order valence-corrected chi connectivity index (χ3v) is 3.45. The van der Waals surface area contributed by atoms with Gasteiger partial charge in [-0.3, -0.25) is 0 Å². The normalized spacial score (nSPS) is 11.9. The van der Waals surface area contributed by atoms with Gasteiger partial charge in [-0.1, -0.05) is 6.07 Å². The maximum atomic E-state index is 5.62. The Hall–Kier alpha value is -1.10. The van der Waals surface area contributed by atoms with Gasteiger partial charge in [0.25, 0.3) is 0 Å². The predicted octanol–water partition coefficient (Wildman–Crippen LogP) is 3.95. The lowest BCUT2D eigenvalue weighted by atomic mass is 10.1. The van der Waals surface area contributed by atoms with Gasteiger partial charge in [0.05, 0.1) is 12.9 Å². The molecule has 0 saturated carbocycles. The molecule has 0 aliphatic carbocycles. The fourth-order valence-electron chi connectivity index (χ4n) is 1.61. The molecule has 104 valence electrons. The Labute approximate surface area is 118 Å². The van der Waals surface area contributed by atoms with Gasteiger partial charge in [-0.05, 0) is 38.3 Å². The maximum Gasteiger partial charge on any atom is 0.129 e. The Kier molecular flexibility index (Phi) is 4.80. The lowest BCUT2D eigenvalue weighted by Gasteiger charge is -2.19. The van der Waals surface area contributed by atoms with E-state index in [1.165, 1.54) is 4.88 Å². The van der Waals surface area contributed by atoms with Crippen LogP contribution in [0.25, 0.3) is 0 Å². The fraction of sp³-hybridized carbons (Fsp3) is 0.467. The van der Waals surface area contributed by atoms with Crippen molar-refractivity contribution in [2.75, 3.05) is 0 Å². The number of ether oxygens (including phenoxy) is 1. The molecule has 4 heteroatoms. The van der Waals surface area contributed by atoms with E-state index in [0.717, 1.165) is 17.9 Å². The van der Waals surface area contributed by atoms with Gasteiger partial charge >= 0.3 is 0 Å². The quantitative estimate of drug-likeness (QED) is 0.869. The molecule has 0 radical (unpaired) electrons. The predicted molar refractivity (Wildman–Crippen MR) is 78.1 cm³/mol. The molecule has 0 amide bonds. The van der Waals surface area contributed by atoms with Crippen LogP contribution in [0.2, 0.25) is 0 Å². The molecule has 0 aromatic carbocycles. The van der Waals surface area contributed by atoms with Crippen molar-refractivity contribution in [3.05, 3.63) is 46.0 Å². The third-order valence-electron chi connectivity index (χ3n) is 2.60. The number of thiophene rings is 1. The van der Waals surface area contributed by atoms with Crippen LogP contribution in [0, 0.1) is 0 Å². The molecule has 2 aromatic rings. The lowest BCUT2D eigenvalue weighted by Crippen LogP contribution is -2.34. The molecule has 19 heavy (non-hydrogen) atoms. The summed E-state index contributed by atoms with van der Waals surface area (Å²) in [6.07, 6.45) is 1.79. The Morgan fingerprint density at radius 1 is 1.32 bits per heavy atom. The van der Waals surface area contributed by atoms with E-state index < -0.39 is 0 Å². The molecule has 0 fully saturated rings. The molecule has 2 rings (SSSR count). The first-order valence-corrected chi connectivity index (χ1v) is 7.32. The van der Waals surface area contributed by atoms with Crippen molar-refractivity contribution in [2.24, 2.45) is 0 Å². The number of hydrogen-bond acceptors (Lipinski definition) is 4. The highest BCUT2D eigenvalue weighted by Gasteiger charge is 2.09. The zero-order valence-corrected chi connectivity index (χ0v) is 12.5. The van der Waals surface area contributed by atoms with E-state index in [4.69, 9.17) is 9.15 Å². The van der Waals surface area contributed by atoms with Gasteiger partial charge in [-0.15, -0.1) is 11.3 Å². The molecule has 0 unspecified atom stereocenters. The smallest absolute Gasteiger partial charge is 0.129 e. The van der Waals surface area contributed by atoms with Crippen molar-refractivity contribution in [1.82, 2.24) is 5.32 Å². The van der Waals surface area contributed by atoms with Crippen molar-refractivity contribution in [1.29, 1.82) is 0 Å². The standard InChI is InChI=1S/C15H21NO2S/c1-15(2,3)16-8-12-7-13(18-9-12)10-17-11-14-5-4-6-19-14/h4-7,9,16H,8,10-11H2,1-3H3. The first-order chi connectivity index (χ1) is 9.03. The zero-order valence-electron chi connectivity index (χ0n) is 11.7. The van der Waals surface area contributed by atoms with E-state index in [1.807, 2.05) is 12.1 Å². The van der Waals surface area contributed by atoms with Gasteiger partial charge in [-0.2, -0.15) is 0 Å². The molecule has 0 spiro atoms. The highest BCUT2D eigenvalue weighted by Crippen LogP contribution is 2.14. The van der Waals surface area contributed by atoms with Gasteiger partial charge < -0.3 is 14.5 Å². The van der Waals surface area contributed by atoms with E-state index in [2.05, 4.69) is 37.5 Å². The van der Waals surface area contributed by atoms with Crippen LogP contribution in [-0.4, -0.2) is 5.54 Å². The second-order valence-electron chi connectivity index (χ2n) is 5.60. The van der Waals surface area contributed by atoms with Crippen molar-refractivity contribution < 1.29 is 9.15 Å². The number of hydrogen-bond donors (Lipinski definition) is 1. The second kappa shape index (κ2) is 6.37. The molecular formula is C15H21NO2S. The minimum Gasteiger partial charge on any atom is -0.467 e. The Bertz CT molecular complexity index is 482. The summed E-state index contributed by atoms with van der Waals surface area (Å²) < 4.78 is 11.1. The molecule has 0 aliphatic rings. The summed E-state index contributed by atoms with van der Waals surface area (Å²) in [7, 11) is 0. The SMILES string of the molecule is CC(C)(C)NCc1coc(COCc2cccs2)c1. The van der Waals surface area contributed by atoms with Crippen LogP contribution in [0.3, 0.4) is 0 Å². The van der Waals surface area contributed by atoms with Crippen LogP contribution in [0.15, 0.2) is 34.3 Å². The average molecular weight is 279 g/mol. The van der Waals surface area contributed by atoms with Gasteiger partial charge in [0.15, 0.2) is 0 Å². The monoisotopic (exact) mass is 279 g/mol. The summed E-state index contributed by atoms with van der Waals surface area (Å²) in [6, 6.07) is 6.16. The fourth-order valence-corrected chi connectivity index (χ4v) is 2.25. The third kappa shape index (κ3) is 5.19. The maximum absolute atomic E-state index is 5.62. The van der Waals surface area contributed by atoms with Gasteiger partial charge in [0.1, 0.15) is 12.4 Å². The molecule has 3 nitrogen and oxygen atoms in total. The largest absolute Gasteiger partial charge is 0.467 e. The molecule has 0 bridgehead atoms. The first kappa shape index (κ1) is 14.3. The number of furan rings is 1. The molecule has 1 N–H and O–H groups in total. The summed E-state index contributed by atoms with van der Waals surface area (Å²) in [5.74, 6) is 0.877. The molecule has 0 saturated heterocycles. The van der Waals surface area contributed by atoms with Crippen LogP contribution in [0.5, 0.6) is 0 Å². The van der Waals surface area contributed by atoms with Crippen LogP contribution in [-0.2, 0) is 24.5 Å². The second-order valence-corrected chi connectivity index (χ2v) is 6.63. The molecule has 2 aromatic heterocycles. The van der Waals surface area contributed by atoms with Crippen LogP contribution in [0.1, 0.15) is 37.0 Å². The molecule has 0 aliphatic heterocycles. The summed E-state index contributed by atoms with van der Waals surface area (Å²) in [5.41, 5.74) is 1.28. The van der Waals surface area contributed by atoms with Gasteiger partial charge in [-0.25, -0.2) is 0 Å². The number of nitrogens with one attached hydrogen (secondary N) is 1. The average Bonchev–Trinajstić information content (AvgIpc) is 2.97. The highest BCUT2D eigenvalue weighted by atomic mass is 32.1. The van der Waals surface area contributed by atoms with Gasteiger partial charge in [0.2, 0.25) is 0 Å².